The first-order valence-corrected chi connectivity index (χ1v) is 5.04. The summed E-state index contributed by atoms with van der Waals surface area (Å²) in [6.45, 7) is -0.408. The highest BCUT2D eigenvalue weighted by molar-refractivity contribution is 5.94. The number of aliphatic hydroxyl groups excluding tert-OH is 2. The molecule has 0 unspecified atom stereocenters. The quantitative estimate of drug-likeness (QED) is 0.628. The molecule has 17 heavy (non-hydrogen) atoms. The van der Waals surface area contributed by atoms with Crippen LogP contribution < -0.4 is 9.47 Å². The Morgan fingerprint density at radius 2 is 1.53 bits per heavy atom. The van der Waals surface area contributed by atoms with Crippen LogP contribution in [0.4, 0.5) is 0 Å². The van der Waals surface area contributed by atoms with E-state index in [0.717, 1.165) is 0 Å². The lowest BCUT2D eigenvalue weighted by atomic mass is 10.2. The van der Waals surface area contributed by atoms with E-state index in [9.17, 15) is 4.79 Å². The summed E-state index contributed by atoms with van der Waals surface area (Å²) in [5.74, 6) is -0.935. The minimum Gasteiger partial charge on any atom is -0.490 e. The fraction of sp³-hybridized carbons (Fsp3) is 0.364. The second-order valence-corrected chi connectivity index (χ2v) is 3.08. The molecule has 1 aromatic rings. The van der Waals surface area contributed by atoms with E-state index in [-0.39, 0.29) is 43.5 Å². The van der Waals surface area contributed by atoms with Crippen molar-refractivity contribution in [3.63, 3.8) is 0 Å². The van der Waals surface area contributed by atoms with Crippen LogP contribution in [0.15, 0.2) is 18.2 Å². The van der Waals surface area contributed by atoms with Crippen molar-refractivity contribution in [2.45, 2.75) is 0 Å². The lowest BCUT2D eigenvalue weighted by Gasteiger charge is -2.12. The summed E-state index contributed by atoms with van der Waals surface area (Å²) in [5.41, 5.74) is -0.116. The first kappa shape index (κ1) is 13.3. The number of carboxylic acids is 1. The normalized spacial score (nSPS) is 10.0. The molecular formula is C11H14O6. The van der Waals surface area contributed by atoms with E-state index >= 15 is 0 Å². The minimum absolute atomic E-state index is 0.00370. The number of hydrogen-bond acceptors (Lipinski definition) is 5. The number of rotatable bonds is 7. The molecule has 1 rings (SSSR count). The molecule has 0 radical (unpaired) electrons. The van der Waals surface area contributed by atoms with Gasteiger partial charge in [0.05, 0.1) is 13.2 Å². The molecule has 0 aliphatic carbocycles. The molecule has 6 nitrogen and oxygen atoms in total. The van der Waals surface area contributed by atoms with Crippen molar-refractivity contribution in [2.24, 2.45) is 0 Å². The second kappa shape index (κ2) is 6.72. The maximum Gasteiger partial charge on any atom is 0.343 e. The molecule has 0 aliphatic heterocycles. The summed E-state index contributed by atoms with van der Waals surface area (Å²) in [6, 6.07) is 4.53. The number of ether oxygens (including phenoxy) is 2. The lowest BCUT2D eigenvalue weighted by Crippen LogP contribution is -2.10. The Hall–Kier alpha value is -1.79. The molecule has 0 saturated carbocycles. The van der Waals surface area contributed by atoms with Gasteiger partial charge in [-0.3, -0.25) is 0 Å². The largest absolute Gasteiger partial charge is 0.490 e. The van der Waals surface area contributed by atoms with Crippen molar-refractivity contribution in [3.8, 4) is 11.5 Å². The van der Waals surface area contributed by atoms with Crippen LogP contribution in [0.3, 0.4) is 0 Å². The van der Waals surface area contributed by atoms with E-state index in [1.54, 1.807) is 6.07 Å². The molecule has 1 aromatic carbocycles. The molecule has 0 aliphatic rings. The number of carbonyl (C=O) groups is 1. The van der Waals surface area contributed by atoms with Crippen LogP contribution in [0.1, 0.15) is 10.4 Å². The molecule has 0 aromatic heterocycles. The average molecular weight is 242 g/mol. The Morgan fingerprint density at radius 3 is 1.88 bits per heavy atom. The van der Waals surface area contributed by atoms with Gasteiger partial charge in [-0.05, 0) is 12.1 Å². The lowest BCUT2D eigenvalue weighted by molar-refractivity contribution is 0.0684. The number of carboxylic acid groups (broad SMARTS) is 1. The van der Waals surface area contributed by atoms with Crippen molar-refractivity contribution in [1.82, 2.24) is 0 Å². The van der Waals surface area contributed by atoms with E-state index in [2.05, 4.69) is 0 Å². The third kappa shape index (κ3) is 3.61. The summed E-state index contributed by atoms with van der Waals surface area (Å²) in [7, 11) is 0. The Morgan fingerprint density at radius 1 is 1.06 bits per heavy atom. The predicted octanol–water partition coefficient (Wildman–Crippen LogP) is 0.127. The Balaban J connectivity index is 2.99. The highest BCUT2D eigenvalue weighted by Crippen LogP contribution is 2.28. The van der Waals surface area contributed by atoms with Crippen LogP contribution in [0.5, 0.6) is 11.5 Å². The van der Waals surface area contributed by atoms with E-state index < -0.39 is 5.97 Å². The van der Waals surface area contributed by atoms with Crippen molar-refractivity contribution in [2.75, 3.05) is 26.4 Å². The second-order valence-electron chi connectivity index (χ2n) is 3.08. The van der Waals surface area contributed by atoms with E-state index in [0.29, 0.717) is 0 Å². The van der Waals surface area contributed by atoms with E-state index in [1.165, 1.54) is 12.1 Å². The predicted molar refractivity (Wildman–Crippen MR) is 58.6 cm³/mol. The summed E-state index contributed by atoms with van der Waals surface area (Å²) in [5, 5.41) is 26.3. The maximum atomic E-state index is 11.1. The summed E-state index contributed by atoms with van der Waals surface area (Å²) < 4.78 is 10.2. The highest BCUT2D eigenvalue weighted by atomic mass is 16.5. The van der Waals surface area contributed by atoms with Crippen molar-refractivity contribution < 1.29 is 29.6 Å². The SMILES string of the molecule is O=C(O)c1c(OCCO)cccc1OCCO. The van der Waals surface area contributed by atoms with Crippen LogP contribution in [0, 0.1) is 0 Å². The van der Waals surface area contributed by atoms with Crippen LogP contribution >= 0.6 is 0 Å². The molecule has 0 fully saturated rings. The van der Waals surface area contributed by atoms with Crippen molar-refractivity contribution >= 4 is 5.97 Å². The van der Waals surface area contributed by atoms with Gasteiger partial charge in [0.25, 0.3) is 0 Å². The zero-order valence-electron chi connectivity index (χ0n) is 9.13. The molecule has 0 atom stereocenters. The Bertz CT molecular complexity index is 350. The Kier molecular flexibility index (Phi) is 5.25. The topological polar surface area (TPSA) is 96.2 Å². The summed E-state index contributed by atoms with van der Waals surface area (Å²) in [4.78, 5) is 11.1. The average Bonchev–Trinajstić information content (AvgIpc) is 2.33. The van der Waals surface area contributed by atoms with Gasteiger partial charge in [-0.1, -0.05) is 6.07 Å². The first-order chi connectivity index (χ1) is 8.20. The highest BCUT2D eigenvalue weighted by Gasteiger charge is 2.17. The molecule has 0 spiro atoms. The fourth-order valence-electron chi connectivity index (χ4n) is 1.27. The molecule has 0 heterocycles. The van der Waals surface area contributed by atoms with Gasteiger partial charge in [-0.2, -0.15) is 0 Å². The Labute approximate surface area is 98.0 Å². The van der Waals surface area contributed by atoms with Crippen LogP contribution in [-0.2, 0) is 0 Å². The van der Waals surface area contributed by atoms with Gasteiger partial charge in [-0.15, -0.1) is 0 Å². The standard InChI is InChI=1S/C11H14O6/c12-4-6-16-8-2-1-3-9(17-7-5-13)10(8)11(14)15/h1-3,12-13H,4-7H2,(H,14,15). The smallest absolute Gasteiger partial charge is 0.343 e. The molecular weight excluding hydrogens is 228 g/mol. The van der Waals surface area contributed by atoms with Crippen LogP contribution in [0.2, 0.25) is 0 Å². The monoisotopic (exact) mass is 242 g/mol. The van der Waals surface area contributed by atoms with E-state index in [4.69, 9.17) is 24.8 Å². The van der Waals surface area contributed by atoms with E-state index in [1.807, 2.05) is 0 Å². The minimum atomic E-state index is -1.19. The van der Waals surface area contributed by atoms with Gasteiger partial charge in [0.15, 0.2) is 0 Å². The molecule has 6 heteroatoms. The zero-order chi connectivity index (χ0) is 12.7. The number of hydrogen-bond donors (Lipinski definition) is 3. The fourth-order valence-corrected chi connectivity index (χ4v) is 1.27. The third-order valence-electron chi connectivity index (χ3n) is 1.90. The molecule has 3 N–H and O–H groups in total. The van der Waals surface area contributed by atoms with Gasteiger partial charge in [0.2, 0.25) is 0 Å². The molecule has 94 valence electrons. The van der Waals surface area contributed by atoms with Crippen molar-refractivity contribution in [1.29, 1.82) is 0 Å². The summed E-state index contributed by atoms with van der Waals surface area (Å²) >= 11 is 0. The van der Waals surface area contributed by atoms with Gasteiger partial charge in [0.1, 0.15) is 30.3 Å². The van der Waals surface area contributed by atoms with Crippen LogP contribution in [-0.4, -0.2) is 47.7 Å². The molecule has 0 saturated heterocycles. The zero-order valence-corrected chi connectivity index (χ0v) is 9.13. The number of aromatic carboxylic acids is 1. The maximum absolute atomic E-state index is 11.1. The number of aliphatic hydroxyl groups is 2. The molecule has 0 amide bonds. The number of benzene rings is 1. The van der Waals surface area contributed by atoms with Crippen LogP contribution in [0.25, 0.3) is 0 Å². The van der Waals surface area contributed by atoms with Gasteiger partial charge < -0.3 is 24.8 Å². The summed E-state index contributed by atoms with van der Waals surface area (Å²) in [6.07, 6.45) is 0. The van der Waals surface area contributed by atoms with Gasteiger partial charge in [0, 0.05) is 0 Å². The molecule has 0 bridgehead atoms. The first-order valence-electron chi connectivity index (χ1n) is 5.04. The third-order valence-corrected chi connectivity index (χ3v) is 1.90. The van der Waals surface area contributed by atoms with Gasteiger partial charge >= 0.3 is 5.97 Å². The van der Waals surface area contributed by atoms with Crippen molar-refractivity contribution in [3.05, 3.63) is 23.8 Å². The van der Waals surface area contributed by atoms with Gasteiger partial charge in [-0.25, -0.2) is 4.79 Å².